The zero-order valence-corrected chi connectivity index (χ0v) is 10.1. The molecule has 0 saturated carbocycles. The Hall–Kier alpha value is -1.95. The van der Waals surface area contributed by atoms with E-state index in [1.165, 1.54) is 0 Å². The maximum Gasteiger partial charge on any atom is 0.337 e. The molecule has 0 aliphatic carbocycles. The van der Waals surface area contributed by atoms with E-state index in [1.807, 2.05) is 6.07 Å². The zero-order chi connectivity index (χ0) is 12.4. The fraction of sp³-hybridized carbons (Fsp3) is 0. The molecule has 0 fully saturated rings. The van der Waals surface area contributed by atoms with Gasteiger partial charge < -0.3 is 5.11 Å². The van der Waals surface area contributed by atoms with Crippen LogP contribution in [0.1, 0.15) is 10.4 Å². The Bertz CT molecular complexity index is 637. The average molecular weight is 295 g/mol. The van der Waals surface area contributed by atoms with Gasteiger partial charge in [-0.25, -0.2) is 4.79 Å². The lowest BCUT2D eigenvalue weighted by Gasteiger charge is -2.04. The van der Waals surface area contributed by atoms with Crippen molar-refractivity contribution in [2.75, 3.05) is 0 Å². The number of hydrogen-bond donors (Lipinski definition) is 1. The Morgan fingerprint density at radius 2 is 2.12 bits per heavy atom. The first-order valence-corrected chi connectivity index (χ1v) is 5.46. The first-order valence-electron chi connectivity index (χ1n) is 4.66. The van der Waals surface area contributed by atoms with E-state index in [0.717, 1.165) is 21.4 Å². The van der Waals surface area contributed by atoms with Crippen molar-refractivity contribution in [3.63, 3.8) is 0 Å². The lowest BCUT2D eigenvalue weighted by atomic mass is 10.3. The molecule has 5 nitrogen and oxygen atoms in total. The monoisotopic (exact) mass is 294 g/mol. The number of aromatic carboxylic acids is 1. The van der Waals surface area contributed by atoms with Gasteiger partial charge in [0.25, 0.3) is 5.56 Å². The standard InChI is InChI=1S/C11H7BrN2O3/c12-8-2-1-3-9(5-8)14-10(15)4-7(6-13-14)11(16)17/h1-6H,(H,16,17). The minimum Gasteiger partial charge on any atom is -0.478 e. The Morgan fingerprint density at radius 3 is 2.71 bits per heavy atom. The van der Waals surface area contributed by atoms with Crippen molar-refractivity contribution in [3.05, 3.63) is 56.9 Å². The molecular formula is C11H7BrN2O3. The second-order valence-corrected chi connectivity index (χ2v) is 4.19. The molecule has 0 aliphatic rings. The van der Waals surface area contributed by atoms with E-state index >= 15 is 0 Å². The number of hydrogen-bond acceptors (Lipinski definition) is 3. The first kappa shape index (κ1) is 11.5. The zero-order valence-electron chi connectivity index (χ0n) is 8.50. The van der Waals surface area contributed by atoms with E-state index in [4.69, 9.17) is 5.11 Å². The van der Waals surface area contributed by atoms with Crippen LogP contribution < -0.4 is 5.56 Å². The van der Waals surface area contributed by atoms with Crippen molar-refractivity contribution >= 4 is 21.9 Å². The van der Waals surface area contributed by atoms with Crippen molar-refractivity contribution < 1.29 is 9.90 Å². The van der Waals surface area contributed by atoms with Gasteiger partial charge in [0.2, 0.25) is 0 Å². The third-order valence-corrected chi connectivity index (χ3v) is 2.59. The highest BCUT2D eigenvalue weighted by molar-refractivity contribution is 9.10. The normalized spacial score (nSPS) is 10.2. The highest BCUT2D eigenvalue weighted by Gasteiger charge is 2.07. The fourth-order valence-electron chi connectivity index (χ4n) is 1.33. The molecule has 0 bridgehead atoms. The second kappa shape index (κ2) is 4.50. The summed E-state index contributed by atoms with van der Waals surface area (Å²) in [6, 6.07) is 8.05. The molecule has 86 valence electrons. The minimum absolute atomic E-state index is 0.124. The van der Waals surface area contributed by atoms with E-state index in [9.17, 15) is 9.59 Å². The number of carbonyl (C=O) groups is 1. The van der Waals surface area contributed by atoms with Crippen LogP contribution >= 0.6 is 15.9 Å². The van der Waals surface area contributed by atoms with Gasteiger partial charge >= 0.3 is 5.97 Å². The van der Waals surface area contributed by atoms with Gasteiger partial charge in [0.1, 0.15) is 0 Å². The van der Waals surface area contributed by atoms with Crippen molar-refractivity contribution in [1.82, 2.24) is 9.78 Å². The Morgan fingerprint density at radius 1 is 1.35 bits per heavy atom. The predicted molar refractivity (Wildman–Crippen MR) is 64.5 cm³/mol. The van der Waals surface area contributed by atoms with Gasteiger partial charge in [-0.2, -0.15) is 9.78 Å². The lowest BCUT2D eigenvalue weighted by Crippen LogP contribution is -2.21. The van der Waals surface area contributed by atoms with Crippen LogP contribution in [0.25, 0.3) is 5.69 Å². The highest BCUT2D eigenvalue weighted by atomic mass is 79.9. The van der Waals surface area contributed by atoms with Gasteiger partial charge in [-0.15, -0.1) is 0 Å². The summed E-state index contributed by atoms with van der Waals surface area (Å²) in [6.07, 6.45) is 1.14. The van der Waals surface area contributed by atoms with Crippen LogP contribution in [0, 0.1) is 0 Å². The van der Waals surface area contributed by atoms with E-state index in [-0.39, 0.29) is 5.56 Å². The number of rotatable bonds is 2. The highest BCUT2D eigenvalue weighted by Crippen LogP contribution is 2.13. The molecule has 2 aromatic rings. The van der Waals surface area contributed by atoms with Gasteiger partial charge in [0.15, 0.2) is 0 Å². The Balaban J connectivity index is 2.54. The van der Waals surface area contributed by atoms with Crippen LogP contribution in [-0.4, -0.2) is 20.9 Å². The maximum atomic E-state index is 11.7. The molecular weight excluding hydrogens is 288 g/mol. The topological polar surface area (TPSA) is 72.2 Å². The molecule has 1 N–H and O–H groups in total. The number of nitrogens with zero attached hydrogens (tertiary/aromatic N) is 2. The summed E-state index contributed by atoms with van der Waals surface area (Å²) in [5.74, 6) is -1.17. The molecule has 0 amide bonds. The summed E-state index contributed by atoms with van der Waals surface area (Å²) in [5, 5.41) is 12.5. The summed E-state index contributed by atoms with van der Waals surface area (Å²) in [7, 11) is 0. The third-order valence-electron chi connectivity index (χ3n) is 2.10. The van der Waals surface area contributed by atoms with E-state index < -0.39 is 11.5 Å². The molecule has 0 radical (unpaired) electrons. The van der Waals surface area contributed by atoms with Crippen LogP contribution in [-0.2, 0) is 0 Å². The summed E-state index contributed by atoms with van der Waals surface area (Å²) >= 11 is 3.28. The van der Waals surface area contributed by atoms with E-state index in [2.05, 4.69) is 21.0 Å². The van der Waals surface area contributed by atoms with Crippen molar-refractivity contribution in [3.8, 4) is 5.69 Å². The van der Waals surface area contributed by atoms with E-state index in [0.29, 0.717) is 5.69 Å². The minimum atomic E-state index is -1.17. The smallest absolute Gasteiger partial charge is 0.337 e. The number of aromatic nitrogens is 2. The molecule has 1 aromatic carbocycles. The van der Waals surface area contributed by atoms with Gasteiger partial charge in [0, 0.05) is 10.5 Å². The van der Waals surface area contributed by atoms with Crippen molar-refractivity contribution in [2.24, 2.45) is 0 Å². The first-order chi connectivity index (χ1) is 8.08. The summed E-state index contributed by atoms with van der Waals surface area (Å²) < 4.78 is 1.95. The molecule has 6 heteroatoms. The van der Waals surface area contributed by atoms with Crippen LogP contribution in [0.2, 0.25) is 0 Å². The molecule has 0 spiro atoms. The molecule has 0 aliphatic heterocycles. The van der Waals surface area contributed by atoms with Crippen molar-refractivity contribution in [1.29, 1.82) is 0 Å². The van der Waals surface area contributed by atoms with Crippen LogP contribution in [0.3, 0.4) is 0 Å². The number of carboxylic acid groups (broad SMARTS) is 1. The van der Waals surface area contributed by atoms with Crippen LogP contribution in [0.4, 0.5) is 0 Å². The largest absolute Gasteiger partial charge is 0.478 e. The van der Waals surface area contributed by atoms with Crippen LogP contribution in [0.5, 0.6) is 0 Å². The fourth-order valence-corrected chi connectivity index (χ4v) is 1.71. The summed E-state index contributed by atoms with van der Waals surface area (Å²) in [6.45, 7) is 0. The van der Waals surface area contributed by atoms with Crippen molar-refractivity contribution in [2.45, 2.75) is 0 Å². The summed E-state index contributed by atoms with van der Waals surface area (Å²) in [5.41, 5.74) is -0.0365. The van der Waals surface area contributed by atoms with Gasteiger partial charge in [-0.05, 0) is 18.2 Å². The maximum absolute atomic E-state index is 11.7. The third kappa shape index (κ3) is 2.42. The lowest BCUT2D eigenvalue weighted by molar-refractivity contribution is 0.0696. The van der Waals surface area contributed by atoms with E-state index in [1.54, 1.807) is 18.2 Å². The average Bonchev–Trinajstić information content (AvgIpc) is 2.28. The number of halogens is 1. The molecule has 17 heavy (non-hydrogen) atoms. The Labute approximate surface area is 104 Å². The molecule has 2 rings (SSSR count). The summed E-state index contributed by atoms with van der Waals surface area (Å²) in [4.78, 5) is 22.3. The Kier molecular flexibility index (Phi) is 3.06. The van der Waals surface area contributed by atoms with Gasteiger partial charge in [0.05, 0.1) is 17.4 Å². The number of benzene rings is 1. The molecule has 0 unspecified atom stereocenters. The predicted octanol–water partition coefficient (Wildman–Crippen LogP) is 1.69. The molecule has 1 aromatic heterocycles. The molecule has 0 atom stereocenters. The quantitative estimate of drug-likeness (QED) is 0.915. The molecule has 0 saturated heterocycles. The number of carboxylic acids is 1. The molecule has 1 heterocycles. The van der Waals surface area contributed by atoms with Crippen LogP contribution in [0.15, 0.2) is 45.8 Å². The van der Waals surface area contributed by atoms with Gasteiger partial charge in [-0.1, -0.05) is 22.0 Å². The van der Waals surface area contributed by atoms with Gasteiger partial charge in [-0.3, -0.25) is 4.79 Å². The second-order valence-electron chi connectivity index (χ2n) is 3.28. The SMILES string of the molecule is O=C(O)c1cnn(-c2cccc(Br)c2)c(=O)c1.